The van der Waals surface area contributed by atoms with Crippen LogP contribution in [0.4, 0.5) is 0 Å². The summed E-state index contributed by atoms with van der Waals surface area (Å²) in [5, 5.41) is 0. The smallest absolute Gasteiger partial charge is 0.0538 e. The topological polar surface area (TPSA) is 15.6 Å². The fourth-order valence-corrected chi connectivity index (χ4v) is 1.67. The Labute approximate surface area is 62.9 Å². The number of rotatable bonds is 3. The molecule has 0 aliphatic carbocycles. The van der Waals surface area contributed by atoms with Gasteiger partial charge < -0.3 is 0 Å². The van der Waals surface area contributed by atoms with Crippen LogP contribution in [-0.4, -0.2) is 37.3 Å². The first-order chi connectivity index (χ1) is 4.88. The van der Waals surface area contributed by atoms with E-state index in [1.165, 1.54) is 25.9 Å². The molecule has 0 amide bonds. The van der Waals surface area contributed by atoms with Crippen molar-refractivity contribution in [2.24, 2.45) is 4.99 Å². The van der Waals surface area contributed by atoms with Crippen molar-refractivity contribution in [3.8, 4) is 0 Å². The summed E-state index contributed by atoms with van der Waals surface area (Å²) in [4.78, 5) is 6.41. The van der Waals surface area contributed by atoms with Crippen LogP contribution in [0.1, 0.15) is 19.8 Å². The van der Waals surface area contributed by atoms with Crippen LogP contribution in [0.3, 0.4) is 0 Å². The fraction of sp³-hybridized carbons (Fsp3) is 0.875. The zero-order valence-electron chi connectivity index (χ0n) is 6.71. The van der Waals surface area contributed by atoms with E-state index in [2.05, 4.69) is 23.5 Å². The molecule has 0 aromatic carbocycles. The zero-order valence-corrected chi connectivity index (χ0v) is 6.71. The van der Waals surface area contributed by atoms with Crippen molar-refractivity contribution in [2.45, 2.75) is 25.8 Å². The van der Waals surface area contributed by atoms with Crippen molar-refractivity contribution >= 4 is 6.72 Å². The molecule has 1 heterocycles. The molecule has 1 saturated heterocycles. The van der Waals surface area contributed by atoms with E-state index in [9.17, 15) is 0 Å². The van der Waals surface area contributed by atoms with Gasteiger partial charge in [0.2, 0.25) is 0 Å². The van der Waals surface area contributed by atoms with E-state index < -0.39 is 0 Å². The molecular weight excluding hydrogens is 124 g/mol. The summed E-state index contributed by atoms with van der Waals surface area (Å²) in [7, 11) is 0. The third-order valence-corrected chi connectivity index (χ3v) is 2.25. The predicted octanol–water partition coefficient (Wildman–Crippen LogP) is 1.17. The maximum Gasteiger partial charge on any atom is 0.0538 e. The third-order valence-electron chi connectivity index (χ3n) is 2.25. The molecule has 1 atom stereocenters. The van der Waals surface area contributed by atoms with Gasteiger partial charge in [-0.3, -0.25) is 9.89 Å². The van der Waals surface area contributed by atoms with E-state index in [4.69, 9.17) is 0 Å². The van der Waals surface area contributed by atoms with Crippen LogP contribution in [0.25, 0.3) is 0 Å². The van der Waals surface area contributed by atoms with Crippen molar-refractivity contribution in [1.29, 1.82) is 0 Å². The summed E-state index contributed by atoms with van der Waals surface area (Å²) in [5.74, 6) is 0. The predicted molar refractivity (Wildman–Crippen MR) is 44.7 cm³/mol. The lowest BCUT2D eigenvalue weighted by Gasteiger charge is -2.20. The van der Waals surface area contributed by atoms with E-state index in [1.807, 2.05) is 0 Å². The van der Waals surface area contributed by atoms with Crippen LogP contribution in [-0.2, 0) is 0 Å². The van der Waals surface area contributed by atoms with Gasteiger partial charge in [0.05, 0.1) is 6.54 Å². The van der Waals surface area contributed by atoms with E-state index >= 15 is 0 Å². The van der Waals surface area contributed by atoms with Crippen LogP contribution in [0, 0.1) is 0 Å². The molecule has 58 valence electrons. The highest BCUT2D eigenvalue weighted by Gasteiger charge is 2.21. The Kier molecular flexibility index (Phi) is 2.87. The Hall–Kier alpha value is -0.370. The van der Waals surface area contributed by atoms with Gasteiger partial charge >= 0.3 is 0 Å². The first-order valence-electron chi connectivity index (χ1n) is 4.05. The SMILES string of the molecule is C=NCC1CCCN1CC. The number of likely N-dealkylation sites (N-methyl/N-ethyl adjacent to an activating group) is 1. The quantitative estimate of drug-likeness (QED) is 0.537. The first-order valence-corrected chi connectivity index (χ1v) is 4.05. The second kappa shape index (κ2) is 3.71. The highest BCUT2D eigenvalue weighted by atomic mass is 15.2. The van der Waals surface area contributed by atoms with Gasteiger partial charge in [0.25, 0.3) is 0 Å². The van der Waals surface area contributed by atoms with Gasteiger partial charge in [0.1, 0.15) is 0 Å². The molecule has 1 aliphatic heterocycles. The van der Waals surface area contributed by atoms with Gasteiger partial charge in [-0.05, 0) is 32.6 Å². The average molecular weight is 140 g/mol. The van der Waals surface area contributed by atoms with Crippen LogP contribution >= 0.6 is 0 Å². The summed E-state index contributed by atoms with van der Waals surface area (Å²) in [5.41, 5.74) is 0. The summed E-state index contributed by atoms with van der Waals surface area (Å²) in [6.45, 7) is 9.08. The molecule has 10 heavy (non-hydrogen) atoms. The van der Waals surface area contributed by atoms with Crippen molar-refractivity contribution in [1.82, 2.24) is 4.90 Å². The van der Waals surface area contributed by atoms with Gasteiger partial charge in [0.15, 0.2) is 0 Å². The Morgan fingerprint density at radius 2 is 2.50 bits per heavy atom. The molecule has 1 unspecified atom stereocenters. The number of aliphatic imine (C=N–C) groups is 1. The zero-order chi connectivity index (χ0) is 7.40. The molecule has 0 aromatic rings. The Morgan fingerprint density at radius 3 is 3.10 bits per heavy atom. The Morgan fingerprint density at radius 1 is 1.70 bits per heavy atom. The minimum Gasteiger partial charge on any atom is -0.299 e. The van der Waals surface area contributed by atoms with Gasteiger partial charge in [0, 0.05) is 6.04 Å². The summed E-state index contributed by atoms with van der Waals surface area (Å²) < 4.78 is 0. The second-order valence-corrected chi connectivity index (χ2v) is 2.83. The highest BCUT2D eigenvalue weighted by molar-refractivity contribution is 5.23. The molecule has 1 fully saturated rings. The Bertz CT molecular complexity index is 112. The molecule has 0 saturated carbocycles. The molecule has 0 aromatic heterocycles. The largest absolute Gasteiger partial charge is 0.299 e. The molecule has 2 nitrogen and oxygen atoms in total. The molecule has 2 heteroatoms. The lowest BCUT2D eigenvalue weighted by atomic mass is 10.2. The van der Waals surface area contributed by atoms with Crippen molar-refractivity contribution < 1.29 is 0 Å². The third kappa shape index (κ3) is 1.57. The van der Waals surface area contributed by atoms with Crippen LogP contribution in [0.5, 0.6) is 0 Å². The van der Waals surface area contributed by atoms with Crippen molar-refractivity contribution in [3.05, 3.63) is 0 Å². The number of likely N-dealkylation sites (tertiary alicyclic amines) is 1. The average Bonchev–Trinajstić information content (AvgIpc) is 2.36. The fourth-order valence-electron chi connectivity index (χ4n) is 1.67. The normalized spacial score (nSPS) is 27.1. The second-order valence-electron chi connectivity index (χ2n) is 2.83. The van der Waals surface area contributed by atoms with E-state index in [0.717, 1.165) is 6.54 Å². The molecule has 0 radical (unpaired) electrons. The minimum absolute atomic E-state index is 0.697. The molecule has 0 N–H and O–H groups in total. The standard InChI is InChI=1S/C8H16N2/c1-3-10-6-4-5-8(10)7-9-2/h8H,2-7H2,1H3. The lowest BCUT2D eigenvalue weighted by Crippen LogP contribution is -2.31. The number of nitrogens with zero attached hydrogens (tertiary/aromatic N) is 2. The van der Waals surface area contributed by atoms with Crippen LogP contribution < -0.4 is 0 Å². The van der Waals surface area contributed by atoms with Crippen molar-refractivity contribution in [3.63, 3.8) is 0 Å². The van der Waals surface area contributed by atoms with Gasteiger partial charge in [-0.1, -0.05) is 6.92 Å². The lowest BCUT2D eigenvalue weighted by molar-refractivity contribution is 0.273. The molecule has 0 bridgehead atoms. The molecular formula is C8H16N2. The molecule has 0 spiro atoms. The van der Waals surface area contributed by atoms with E-state index in [-0.39, 0.29) is 0 Å². The minimum atomic E-state index is 0.697. The maximum atomic E-state index is 3.92. The monoisotopic (exact) mass is 140 g/mol. The molecule has 1 rings (SSSR count). The highest BCUT2D eigenvalue weighted by Crippen LogP contribution is 2.16. The Balaban J connectivity index is 2.34. The van der Waals surface area contributed by atoms with Gasteiger partial charge in [-0.25, -0.2) is 0 Å². The summed E-state index contributed by atoms with van der Waals surface area (Å²) >= 11 is 0. The first kappa shape index (κ1) is 7.73. The summed E-state index contributed by atoms with van der Waals surface area (Å²) in [6, 6.07) is 0.697. The summed E-state index contributed by atoms with van der Waals surface area (Å²) in [6.07, 6.45) is 2.65. The van der Waals surface area contributed by atoms with E-state index in [1.54, 1.807) is 0 Å². The maximum absolute atomic E-state index is 3.92. The molecule has 1 aliphatic rings. The van der Waals surface area contributed by atoms with Gasteiger partial charge in [-0.15, -0.1) is 0 Å². The number of hydrogen-bond acceptors (Lipinski definition) is 2. The van der Waals surface area contributed by atoms with Crippen LogP contribution in [0.2, 0.25) is 0 Å². The van der Waals surface area contributed by atoms with Crippen molar-refractivity contribution in [2.75, 3.05) is 19.6 Å². The van der Waals surface area contributed by atoms with Gasteiger partial charge in [-0.2, -0.15) is 0 Å². The van der Waals surface area contributed by atoms with Crippen LogP contribution in [0.15, 0.2) is 4.99 Å². The van der Waals surface area contributed by atoms with E-state index in [0.29, 0.717) is 6.04 Å². The number of hydrogen-bond donors (Lipinski definition) is 0.